The number of ether oxygens (including phenoxy) is 1. The number of nitrogens with one attached hydrogen (secondary N) is 1. The lowest BCUT2D eigenvalue weighted by Crippen LogP contribution is -2.27. The molecular weight excluding hydrogens is 397 g/mol. The molecule has 2 aromatic carbocycles. The number of nitrogens with zero attached hydrogens (tertiary/aromatic N) is 1. The normalized spacial score (nSPS) is 13.2. The fourth-order valence-corrected chi connectivity index (χ4v) is 3.33. The van der Waals surface area contributed by atoms with Crippen LogP contribution in [0.3, 0.4) is 0 Å². The van der Waals surface area contributed by atoms with E-state index in [2.05, 4.69) is 5.32 Å². The molecule has 1 aliphatic heterocycles. The van der Waals surface area contributed by atoms with Gasteiger partial charge in [-0.25, -0.2) is 0 Å². The van der Waals surface area contributed by atoms with Gasteiger partial charge in [-0.2, -0.15) is 13.2 Å². The summed E-state index contributed by atoms with van der Waals surface area (Å²) in [4.78, 5) is 26.4. The Morgan fingerprint density at radius 3 is 2.57 bits per heavy atom. The first-order valence-corrected chi connectivity index (χ1v) is 9.83. The van der Waals surface area contributed by atoms with E-state index in [1.54, 1.807) is 30.0 Å². The molecule has 1 heterocycles. The van der Waals surface area contributed by atoms with Gasteiger partial charge < -0.3 is 15.0 Å². The number of rotatable bonds is 6. The van der Waals surface area contributed by atoms with E-state index < -0.39 is 17.6 Å². The summed E-state index contributed by atoms with van der Waals surface area (Å²) in [6, 6.07) is 7.95. The van der Waals surface area contributed by atoms with Crippen molar-refractivity contribution in [1.82, 2.24) is 0 Å². The van der Waals surface area contributed by atoms with Crippen LogP contribution in [0.5, 0.6) is 5.75 Å². The molecule has 5 nitrogen and oxygen atoms in total. The number of benzene rings is 2. The zero-order valence-corrected chi connectivity index (χ0v) is 16.8. The van der Waals surface area contributed by atoms with Gasteiger partial charge in [0.15, 0.2) is 0 Å². The molecule has 1 aliphatic rings. The van der Waals surface area contributed by atoms with E-state index >= 15 is 0 Å². The molecule has 160 valence electrons. The van der Waals surface area contributed by atoms with E-state index in [9.17, 15) is 22.8 Å². The van der Waals surface area contributed by atoms with Gasteiger partial charge in [-0.1, -0.05) is 13.8 Å². The van der Waals surface area contributed by atoms with Crippen molar-refractivity contribution in [2.75, 3.05) is 23.4 Å². The predicted molar refractivity (Wildman–Crippen MR) is 108 cm³/mol. The average molecular weight is 420 g/mol. The third kappa shape index (κ3) is 4.58. The van der Waals surface area contributed by atoms with Crippen LogP contribution in [0.1, 0.15) is 48.2 Å². The molecule has 2 amide bonds. The highest BCUT2D eigenvalue weighted by atomic mass is 19.4. The molecule has 0 radical (unpaired) electrons. The second-order valence-corrected chi connectivity index (χ2v) is 7.00. The van der Waals surface area contributed by atoms with Gasteiger partial charge in [0, 0.05) is 24.2 Å². The molecule has 0 fully saturated rings. The Bertz CT molecular complexity index is 957. The Balaban J connectivity index is 1.86. The van der Waals surface area contributed by atoms with Crippen LogP contribution in [0.2, 0.25) is 0 Å². The first kappa shape index (κ1) is 21.7. The first-order valence-electron chi connectivity index (χ1n) is 9.83. The number of hydrogen-bond acceptors (Lipinski definition) is 3. The summed E-state index contributed by atoms with van der Waals surface area (Å²) in [6.07, 6.45) is -2.85. The number of carbonyl (C=O) groups is 2. The third-order valence-corrected chi connectivity index (χ3v) is 4.86. The maximum absolute atomic E-state index is 13.1. The van der Waals surface area contributed by atoms with Crippen molar-refractivity contribution >= 4 is 23.2 Å². The van der Waals surface area contributed by atoms with E-state index in [1.807, 2.05) is 6.92 Å². The van der Waals surface area contributed by atoms with Crippen LogP contribution in [0.25, 0.3) is 0 Å². The first-order chi connectivity index (χ1) is 14.2. The van der Waals surface area contributed by atoms with Crippen molar-refractivity contribution in [1.29, 1.82) is 0 Å². The van der Waals surface area contributed by atoms with Gasteiger partial charge in [-0.3, -0.25) is 9.59 Å². The number of fused-ring (bicyclic) bond motifs is 1. The third-order valence-electron chi connectivity index (χ3n) is 4.86. The summed E-state index contributed by atoms with van der Waals surface area (Å²) in [5, 5.41) is 2.54. The summed E-state index contributed by atoms with van der Waals surface area (Å²) in [6.45, 7) is 4.53. The molecule has 30 heavy (non-hydrogen) atoms. The molecule has 0 atom stereocenters. The van der Waals surface area contributed by atoms with Crippen LogP contribution in [-0.4, -0.2) is 25.0 Å². The largest absolute Gasteiger partial charge is 0.491 e. The highest BCUT2D eigenvalue weighted by Gasteiger charge is 2.31. The Kier molecular flexibility index (Phi) is 6.34. The van der Waals surface area contributed by atoms with E-state index in [0.29, 0.717) is 38.0 Å². The quantitative estimate of drug-likeness (QED) is 0.712. The van der Waals surface area contributed by atoms with Gasteiger partial charge in [0.1, 0.15) is 5.75 Å². The van der Waals surface area contributed by atoms with Gasteiger partial charge in [0.2, 0.25) is 5.91 Å². The Hall–Kier alpha value is -3.03. The molecule has 0 bridgehead atoms. The lowest BCUT2D eigenvalue weighted by atomic mass is 10.1. The van der Waals surface area contributed by atoms with Crippen LogP contribution in [0, 0.1) is 0 Å². The Labute approximate surface area is 172 Å². The van der Waals surface area contributed by atoms with Gasteiger partial charge >= 0.3 is 6.18 Å². The fourth-order valence-electron chi connectivity index (χ4n) is 3.33. The number of carbonyl (C=O) groups excluding carboxylic acids is 2. The molecule has 0 spiro atoms. The van der Waals surface area contributed by atoms with Crippen molar-refractivity contribution in [2.24, 2.45) is 0 Å². The topological polar surface area (TPSA) is 58.6 Å². The van der Waals surface area contributed by atoms with Gasteiger partial charge in [0.25, 0.3) is 5.91 Å². The van der Waals surface area contributed by atoms with Crippen LogP contribution < -0.4 is 15.0 Å². The van der Waals surface area contributed by atoms with Gasteiger partial charge in [0.05, 0.1) is 17.9 Å². The minimum Gasteiger partial charge on any atom is -0.491 e. The predicted octanol–water partition coefficient (Wildman–Crippen LogP) is 5.05. The molecule has 0 unspecified atom stereocenters. The van der Waals surface area contributed by atoms with Gasteiger partial charge in [-0.15, -0.1) is 0 Å². The second kappa shape index (κ2) is 8.77. The van der Waals surface area contributed by atoms with Crippen molar-refractivity contribution in [3.63, 3.8) is 0 Å². The lowest BCUT2D eigenvalue weighted by Gasteiger charge is -2.17. The molecule has 1 N–H and O–H groups in total. The van der Waals surface area contributed by atoms with E-state index in [-0.39, 0.29) is 17.3 Å². The number of halogens is 3. The zero-order chi connectivity index (χ0) is 21.9. The summed E-state index contributed by atoms with van der Waals surface area (Å²) in [5.74, 6) is -0.356. The molecule has 0 aliphatic carbocycles. The number of amides is 2. The molecule has 2 aromatic rings. The highest BCUT2D eigenvalue weighted by Crippen LogP contribution is 2.36. The maximum Gasteiger partial charge on any atom is 0.416 e. The maximum atomic E-state index is 13.1. The fraction of sp³-hybridized carbons (Fsp3) is 0.364. The second-order valence-electron chi connectivity index (χ2n) is 7.00. The standard InChI is InChI=1S/C22H23F3N2O3/c1-3-11-30-19-8-6-16(22(23,24)25)13-17(19)26-21(29)15-5-7-18-14(12-15)9-10-27(18)20(28)4-2/h5-8,12-13H,3-4,9-11H2,1-2H3,(H,26,29). The van der Waals surface area contributed by atoms with Crippen molar-refractivity contribution in [3.8, 4) is 5.75 Å². The number of alkyl halides is 3. The monoisotopic (exact) mass is 420 g/mol. The van der Waals surface area contributed by atoms with Crippen molar-refractivity contribution in [2.45, 2.75) is 39.3 Å². The summed E-state index contributed by atoms with van der Waals surface area (Å²) in [5.41, 5.74) is 1.02. The minimum atomic E-state index is -4.54. The van der Waals surface area contributed by atoms with Crippen molar-refractivity contribution in [3.05, 3.63) is 53.1 Å². The molecule has 0 saturated heterocycles. The van der Waals surface area contributed by atoms with E-state index in [0.717, 1.165) is 23.4 Å². The van der Waals surface area contributed by atoms with E-state index in [1.165, 1.54) is 6.07 Å². The molecule has 0 saturated carbocycles. The summed E-state index contributed by atoms with van der Waals surface area (Å²) in [7, 11) is 0. The Morgan fingerprint density at radius 2 is 1.90 bits per heavy atom. The zero-order valence-electron chi connectivity index (χ0n) is 16.8. The SMILES string of the molecule is CCCOc1ccc(C(F)(F)F)cc1NC(=O)c1ccc2c(c1)CCN2C(=O)CC. The Morgan fingerprint density at radius 1 is 1.13 bits per heavy atom. The highest BCUT2D eigenvalue weighted by molar-refractivity contribution is 6.06. The van der Waals surface area contributed by atoms with Crippen LogP contribution >= 0.6 is 0 Å². The summed E-state index contributed by atoms with van der Waals surface area (Å²) >= 11 is 0. The van der Waals surface area contributed by atoms with Crippen LogP contribution in [-0.2, 0) is 17.4 Å². The average Bonchev–Trinajstić information content (AvgIpc) is 3.14. The molecular formula is C22H23F3N2O3. The van der Waals surface area contributed by atoms with E-state index in [4.69, 9.17) is 4.74 Å². The smallest absolute Gasteiger partial charge is 0.416 e. The van der Waals surface area contributed by atoms with Gasteiger partial charge in [-0.05, 0) is 54.8 Å². The number of anilines is 2. The minimum absolute atomic E-state index is 0.00707. The molecule has 0 aromatic heterocycles. The summed E-state index contributed by atoms with van der Waals surface area (Å²) < 4.78 is 44.8. The molecule has 3 rings (SSSR count). The van der Waals surface area contributed by atoms with Crippen LogP contribution in [0.15, 0.2) is 36.4 Å². The van der Waals surface area contributed by atoms with Crippen molar-refractivity contribution < 1.29 is 27.5 Å². The van der Waals surface area contributed by atoms with Crippen LogP contribution in [0.4, 0.5) is 24.5 Å². The lowest BCUT2D eigenvalue weighted by molar-refractivity contribution is -0.137. The molecule has 8 heteroatoms. The number of hydrogen-bond donors (Lipinski definition) is 1.